The Labute approximate surface area is 94.2 Å². The Kier molecular flexibility index (Phi) is 6.85. The minimum absolute atomic E-state index is 0.479. The Hall–Kier alpha value is -0.980. The zero-order valence-electron chi connectivity index (χ0n) is 10.7. The van der Waals surface area contributed by atoms with Gasteiger partial charge in [-0.15, -0.1) is 0 Å². The van der Waals surface area contributed by atoms with Gasteiger partial charge in [-0.3, -0.25) is 0 Å². The van der Waals surface area contributed by atoms with Crippen LogP contribution in [0.15, 0.2) is 18.2 Å². The number of benzene rings is 1. The molecule has 0 aliphatic heterocycles. The first-order valence-electron chi connectivity index (χ1n) is 6.10. The summed E-state index contributed by atoms with van der Waals surface area (Å²) in [5, 5.41) is 9.45. The standard InChI is InChI=1S/C10H12O.2C2H6/c1-7-5-6-9-8(7)3-2-4-10(9)11;2*1-2/h2-4,7,11H,5-6H2,1H3;2*1-2H3. The normalized spacial score (nSPS) is 16.7. The van der Waals surface area contributed by atoms with E-state index in [0.717, 1.165) is 6.42 Å². The van der Waals surface area contributed by atoms with E-state index in [4.69, 9.17) is 0 Å². The third kappa shape index (κ3) is 3.26. The lowest BCUT2D eigenvalue weighted by atomic mass is 10.0. The average Bonchev–Trinajstić information content (AvgIpc) is 2.68. The van der Waals surface area contributed by atoms with Gasteiger partial charge >= 0.3 is 0 Å². The molecule has 0 aromatic heterocycles. The van der Waals surface area contributed by atoms with Crippen molar-refractivity contribution in [3.8, 4) is 5.75 Å². The largest absolute Gasteiger partial charge is 0.508 e. The van der Waals surface area contributed by atoms with Crippen molar-refractivity contribution in [2.75, 3.05) is 0 Å². The second-order valence-electron chi connectivity index (χ2n) is 3.28. The Bertz CT molecular complexity index is 279. The van der Waals surface area contributed by atoms with Gasteiger partial charge in [0.2, 0.25) is 0 Å². The smallest absolute Gasteiger partial charge is 0.119 e. The SMILES string of the molecule is CC.CC.CC1CCc2c(O)cccc21. The van der Waals surface area contributed by atoms with Crippen molar-refractivity contribution < 1.29 is 5.11 Å². The summed E-state index contributed by atoms with van der Waals surface area (Å²) in [5.41, 5.74) is 2.50. The van der Waals surface area contributed by atoms with Crippen molar-refractivity contribution in [1.82, 2.24) is 0 Å². The molecule has 0 radical (unpaired) electrons. The van der Waals surface area contributed by atoms with Gasteiger partial charge in [-0.2, -0.15) is 0 Å². The first-order valence-corrected chi connectivity index (χ1v) is 6.10. The molecular weight excluding hydrogens is 184 g/mol. The highest BCUT2D eigenvalue weighted by molar-refractivity contribution is 5.43. The van der Waals surface area contributed by atoms with Gasteiger partial charge < -0.3 is 5.11 Å². The molecule has 1 N–H and O–H groups in total. The van der Waals surface area contributed by atoms with E-state index in [2.05, 4.69) is 13.0 Å². The molecule has 0 bridgehead atoms. The molecular formula is C14H24O. The number of hydrogen-bond donors (Lipinski definition) is 1. The van der Waals surface area contributed by atoms with Crippen LogP contribution < -0.4 is 0 Å². The lowest BCUT2D eigenvalue weighted by Crippen LogP contribution is -1.84. The molecule has 86 valence electrons. The van der Waals surface area contributed by atoms with E-state index in [9.17, 15) is 5.11 Å². The fourth-order valence-electron chi connectivity index (χ4n) is 1.84. The van der Waals surface area contributed by atoms with Crippen LogP contribution in [-0.4, -0.2) is 5.11 Å². The van der Waals surface area contributed by atoms with Gasteiger partial charge in [-0.05, 0) is 36.0 Å². The molecule has 0 amide bonds. The van der Waals surface area contributed by atoms with E-state index in [1.54, 1.807) is 6.07 Å². The Morgan fingerprint density at radius 2 is 1.73 bits per heavy atom. The molecule has 1 aromatic carbocycles. The Morgan fingerprint density at radius 1 is 1.13 bits per heavy atom. The predicted octanol–water partition coefficient (Wildman–Crippen LogP) is 4.49. The molecule has 15 heavy (non-hydrogen) atoms. The van der Waals surface area contributed by atoms with Crippen LogP contribution in [0.3, 0.4) is 0 Å². The summed E-state index contributed by atoms with van der Waals surface area (Å²) in [6.45, 7) is 10.2. The van der Waals surface area contributed by atoms with Gasteiger partial charge in [0.25, 0.3) is 0 Å². The predicted molar refractivity (Wildman–Crippen MR) is 67.5 cm³/mol. The third-order valence-electron chi connectivity index (χ3n) is 2.55. The summed E-state index contributed by atoms with van der Waals surface area (Å²) in [7, 11) is 0. The van der Waals surface area contributed by atoms with Gasteiger partial charge in [0.15, 0.2) is 0 Å². The molecule has 1 nitrogen and oxygen atoms in total. The van der Waals surface area contributed by atoms with Crippen LogP contribution in [0, 0.1) is 0 Å². The number of rotatable bonds is 0. The third-order valence-corrected chi connectivity index (χ3v) is 2.55. The number of hydrogen-bond acceptors (Lipinski definition) is 1. The van der Waals surface area contributed by atoms with E-state index < -0.39 is 0 Å². The molecule has 1 aliphatic carbocycles. The molecule has 1 aliphatic rings. The van der Waals surface area contributed by atoms with Crippen LogP contribution in [0.2, 0.25) is 0 Å². The highest BCUT2D eigenvalue weighted by Crippen LogP contribution is 2.36. The number of fused-ring (bicyclic) bond motifs is 1. The van der Waals surface area contributed by atoms with Crippen molar-refractivity contribution in [2.24, 2.45) is 0 Å². The molecule has 0 fully saturated rings. The highest BCUT2D eigenvalue weighted by atomic mass is 16.3. The van der Waals surface area contributed by atoms with Gasteiger partial charge in [0.05, 0.1) is 0 Å². The summed E-state index contributed by atoms with van der Waals surface area (Å²) in [6, 6.07) is 5.82. The minimum atomic E-state index is 0.479. The number of aromatic hydroxyl groups is 1. The lowest BCUT2D eigenvalue weighted by Gasteiger charge is -2.03. The van der Waals surface area contributed by atoms with Crippen molar-refractivity contribution in [3.63, 3.8) is 0 Å². The van der Waals surface area contributed by atoms with Crippen LogP contribution in [0.1, 0.15) is 58.1 Å². The summed E-state index contributed by atoms with van der Waals surface area (Å²) in [6.07, 6.45) is 2.23. The fraction of sp³-hybridized carbons (Fsp3) is 0.571. The van der Waals surface area contributed by atoms with E-state index >= 15 is 0 Å². The van der Waals surface area contributed by atoms with Gasteiger partial charge in [-0.25, -0.2) is 0 Å². The summed E-state index contributed by atoms with van der Waals surface area (Å²) >= 11 is 0. The molecule has 0 saturated carbocycles. The molecule has 0 heterocycles. The van der Waals surface area contributed by atoms with E-state index in [0.29, 0.717) is 11.7 Å². The average molecular weight is 208 g/mol. The maximum atomic E-state index is 9.45. The molecule has 0 spiro atoms. The second-order valence-corrected chi connectivity index (χ2v) is 3.28. The maximum absolute atomic E-state index is 9.45. The number of phenols is 1. The first kappa shape index (κ1) is 14.0. The second kappa shape index (κ2) is 7.33. The fourth-order valence-corrected chi connectivity index (χ4v) is 1.84. The van der Waals surface area contributed by atoms with Crippen molar-refractivity contribution in [1.29, 1.82) is 0 Å². The Morgan fingerprint density at radius 3 is 2.27 bits per heavy atom. The van der Waals surface area contributed by atoms with Crippen LogP contribution >= 0.6 is 0 Å². The van der Waals surface area contributed by atoms with Gasteiger partial charge in [0, 0.05) is 0 Å². The van der Waals surface area contributed by atoms with Crippen LogP contribution in [0.5, 0.6) is 5.75 Å². The van der Waals surface area contributed by atoms with E-state index in [1.165, 1.54) is 17.5 Å². The van der Waals surface area contributed by atoms with E-state index in [-0.39, 0.29) is 0 Å². The topological polar surface area (TPSA) is 20.2 Å². The van der Waals surface area contributed by atoms with E-state index in [1.807, 2.05) is 33.8 Å². The minimum Gasteiger partial charge on any atom is -0.508 e. The molecule has 2 rings (SSSR count). The zero-order chi connectivity index (χ0) is 11.8. The highest BCUT2D eigenvalue weighted by Gasteiger charge is 2.20. The van der Waals surface area contributed by atoms with Gasteiger partial charge in [-0.1, -0.05) is 46.8 Å². The lowest BCUT2D eigenvalue weighted by molar-refractivity contribution is 0.469. The molecule has 1 aromatic rings. The zero-order valence-corrected chi connectivity index (χ0v) is 10.7. The molecule has 0 saturated heterocycles. The molecule has 1 atom stereocenters. The summed E-state index contributed by atoms with van der Waals surface area (Å²) < 4.78 is 0. The summed E-state index contributed by atoms with van der Waals surface area (Å²) in [4.78, 5) is 0. The van der Waals surface area contributed by atoms with Crippen LogP contribution in [0.25, 0.3) is 0 Å². The number of phenolic OH excluding ortho intramolecular Hbond substituents is 1. The van der Waals surface area contributed by atoms with Gasteiger partial charge in [0.1, 0.15) is 5.75 Å². The monoisotopic (exact) mass is 208 g/mol. The quantitative estimate of drug-likeness (QED) is 0.666. The maximum Gasteiger partial charge on any atom is 0.119 e. The van der Waals surface area contributed by atoms with Crippen molar-refractivity contribution in [2.45, 2.75) is 53.4 Å². The van der Waals surface area contributed by atoms with Crippen molar-refractivity contribution in [3.05, 3.63) is 29.3 Å². The first-order chi connectivity index (χ1) is 7.29. The molecule has 1 heteroatoms. The van der Waals surface area contributed by atoms with Crippen LogP contribution in [0.4, 0.5) is 0 Å². The van der Waals surface area contributed by atoms with Crippen LogP contribution in [-0.2, 0) is 6.42 Å². The van der Waals surface area contributed by atoms with Crippen molar-refractivity contribution >= 4 is 0 Å². The Balaban J connectivity index is 0.000000442. The molecule has 1 unspecified atom stereocenters. The summed E-state index contributed by atoms with van der Waals surface area (Å²) in [5.74, 6) is 1.11.